The van der Waals surface area contributed by atoms with Crippen molar-refractivity contribution in [3.63, 3.8) is 0 Å². The van der Waals surface area contributed by atoms with E-state index in [0.717, 1.165) is 35.7 Å². The zero-order valence-corrected chi connectivity index (χ0v) is 17.7. The summed E-state index contributed by atoms with van der Waals surface area (Å²) in [5.41, 5.74) is 2.58. The van der Waals surface area contributed by atoms with Gasteiger partial charge >= 0.3 is 0 Å². The van der Waals surface area contributed by atoms with Crippen LogP contribution in [-0.4, -0.2) is 48.6 Å². The van der Waals surface area contributed by atoms with Crippen molar-refractivity contribution in [1.82, 2.24) is 10.2 Å². The quantitative estimate of drug-likeness (QED) is 0.702. The van der Waals surface area contributed by atoms with Crippen LogP contribution in [0.2, 0.25) is 0 Å². The molecule has 0 aliphatic carbocycles. The maximum absolute atomic E-state index is 12.9. The summed E-state index contributed by atoms with van der Waals surface area (Å²) in [5, 5.41) is 6.18. The van der Waals surface area contributed by atoms with Crippen LogP contribution in [0.5, 0.6) is 0 Å². The Morgan fingerprint density at radius 1 is 1.18 bits per heavy atom. The van der Waals surface area contributed by atoms with Gasteiger partial charge in [-0.3, -0.25) is 9.59 Å². The fourth-order valence-corrected chi connectivity index (χ4v) is 3.92. The third-order valence-corrected chi connectivity index (χ3v) is 5.79. The lowest BCUT2D eigenvalue weighted by Crippen LogP contribution is -2.38. The van der Waals surface area contributed by atoms with Crippen molar-refractivity contribution in [1.29, 1.82) is 0 Å². The predicted octanol–water partition coefficient (Wildman–Crippen LogP) is 3.58. The van der Waals surface area contributed by atoms with E-state index >= 15 is 0 Å². The zero-order valence-electron chi connectivity index (χ0n) is 16.1. The topological polar surface area (TPSA) is 61.4 Å². The number of benzene rings is 2. The first-order valence-electron chi connectivity index (χ1n) is 9.11. The van der Waals surface area contributed by atoms with Gasteiger partial charge in [0.25, 0.3) is 5.91 Å². The van der Waals surface area contributed by atoms with E-state index in [9.17, 15) is 9.59 Å². The van der Waals surface area contributed by atoms with Crippen LogP contribution in [0.15, 0.2) is 53.4 Å². The molecule has 2 aromatic rings. The van der Waals surface area contributed by atoms with Gasteiger partial charge in [-0.2, -0.15) is 0 Å². The standard InChI is InChI=1S/C21H25N3O2S.ClH/c1-15-7-9-16(10-8-15)23-20(25)14-27-19-6-4-3-5-18(19)21(26)24(2)17-11-12-22-13-17;/h3-10,17,22H,11-14H2,1-2H3,(H,23,25);1H. The molecule has 1 aliphatic rings. The van der Waals surface area contributed by atoms with E-state index in [0.29, 0.717) is 5.56 Å². The van der Waals surface area contributed by atoms with Crippen LogP contribution in [0.25, 0.3) is 0 Å². The van der Waals surface area contributed by atoms with E-state index in [4.69, 9.17) is 0 Å². The van der Waals surface area contributed by atoms with Crippen molar-refractivity contribution in [2.45, 2.75) is 24.3 Å². The highest BCUT2D eigenvalue weighted by Gasteiger charge is 2.25. The Bertz CT molecular complexity index is 808. The van der Waals surface area contributed by atoms with Gasteiger partial charge in [0, 0.05) is 30.2 Å². The van der Waals surface area contributed by atoms with Crippen LogP contribution in [0.4, 0.5) is 5.69 Å². The number of rotatable bonds is 6. The number of likely N-dealkylation sites (N-methyl/N-ethyl adjacent to an activating group) is 1. The summed E-state index contributed by atoms with van der Waals surface area (Å²) < 4.78 is 0. The van der Waals surface area contributed by atoms with E-state index in [2.05, 4.69) is 10.6 Å². The third-order valence-electron chi connectivity index (χ3n) is 4.71. The number of nitrogens with zero attached hydrogens (tertiary/aromatic N) is 1. The average Bonchev–Trinajstić information content (AvgIpc) is 3.22. The SMILES string of the molecule is Cc1ccc(NC(=O)CSc2ccccc2C(=O)N(C)C2CCNC2)cc1.Cl. The molecule has 28 heavy (non-hydrogen) atoms. The van der Waals surface area contributed by atoms with Gasteiger partial charge in [0.2, 0.25) is 5.91 Å². The molecule has 0 spiro atoms. The van der Waals surface area contributed by atoms with Gasteiger partial charge in [-0.05, 0) is 44.2 Å². The minimum absolute atomic E-state index is 0. The fraction of sp³-hybridized carbons (Fsp3) is 0.333. The highest BCUT2D eigenvalue weighted by atomic mass is 35.5. The Labute approximate surface area is 176 Å². The predicted molar refractivity (Wildman–Crippen MR) is 118 cm³/mol. The van der Waals surface area contributed by atoms with Crippen LogP contribution in [-0.2, 0) is 4.79 Å². The molecule has 150 valence electrons. The molecule has 2 N–H and O–H groups in total. The number of carbonyl (C=O) groups excluding carboxylic acids is 2. The maximum Gasteiger partial charge on any atom is 0.255 e. The molecular formula is C21H26ClN3O2S. The monoisotopic (exact) mass is 419 g/mol. The highest BCUT2D eigenvalue weighted by molar-refractivity contribution is 8.00. The number of anilines is 1. The average molecular weight is 420 g/mol. The van der Waals surface area contributed by atoms with Crippen molar-refractivity contribution >= 4 is 41.7 Å². The van der Waals surface area contributed by atoms with E-state index in [1.165, 1.54) is 11.8 Å². The van der Waals surface area contributed by atoms with Gasteiger partial charge in [-0.25, -0.2) is 0 Å². The fourth-order valence-electron chi connectivity index (χ4n) is 3.07. The van der Waals surface area contributed by atoms with Gasteiger partial charge in [0.05, 0.1) is 11.3 Å². The van der Waals surface area contributed by atoms with Crippen molar-refractivity contribution in [3.05, 3.63) is 59.7 Å². The molecule has 7 heteroatoms. The normalized spacial score (nSPS) is 15.6. The number of hydrogen-bond donors (Lipinski definition) is 2. The van der Waals surface area contributed by atoms with Gasteiger partial charge in [0.15, 0.2) is 0 Å². The lowest BCUT2D eigenvalue weighted by molar-refractivity contribution is -0.113. The molecule has 1 aliphatic heterocycles. The van der Waals surface area contributed by atoms with Crippen LogP contribution in [0, 0.1) is 6.92 Å². The number of hydrogen-bond acceptors (Lipinski definition) is 4. The van der Waals surface area contributed by atoms with Crippen LogP contribution >= 0.6 is 24.2 Å². The molecule has 0 radical (unpaired) electrons. The van der Waals surface area contributed by atoms with Gasteiger partial charge in [-0.15, -0.1) is 24.2 Å². The van der Waals surface area contributed by atoms with Crippen molar-refractivity contribution < 1.29 is 9.59 Å². The number of amides is 2. The summed E-state index contributed by atoms with van der Waals surface area (Å²) in [4.78, 5) is 27.8. The molecule has 5 nitrogen and oxygen atoms in total. The molecule has 1 fully saturated rings. The molecule has 0 aromatic heterocycles. The van der Waals surface area contributed by atoms with E-state index < -0.39 is 0 Å². The zero-order chi connectivity index (χ0) is 19.2. The summed E-state index contributed by atoms with van der Waals surface area (Å²) in [7, 11) is 1.85. The summed E-state index contributed by atoms with van der Waals surface area (Å²) in [6.07, 6.45) is 0.969. The molecule has 0 saturated carbocycles. The van der Waals surface area contributed by atoms with Crippen LogP contribution in [0.3, 0.4) is 0 Å². The van der Waals surface area contributed by atoms with Crippen LogP contribution in [0.1, 0.15) is 22.3 Å². The lowest BCUT2D eigenvalue weighted by Gasteiger charge is -2.24. The second-order valence-corrected chi connectivity index (χ2v) is 7.78. The molecule has 1 saturated heterocycles. The molecule has 2 amide bonds. The molecule has 0 bridgehead atoms. The van der Waals surface area contributed by atoms with Gasteiger partial charge < -0.3 is 15.5 Å². The van der Waals surface area contributed by atoms with E-state index in [1.807, 2.05) is 67.4 Å². The molecular weight excluding hydrogens is 394 g/mol. The van der Waals surface area contributed by atoms with E-state index in [1.54, 1.807) is 0 Å². The van der Waals surface area contributed by atoms with E-state index in [-0.39, 0.29) is 36.0 Å². The van der Waals surface area contributed by atoms with Gasteiger partial charge in [-0.1, -0.05) is 29.8 Å². The summed E-state index contributed by atoms with van der Waals surface area (Å²) in [6.45, 7) is 3.78. The summed E-state index contributed by atoms with van der Waals surface area (Å²) in [6, 6.07) is 15.4. The maximum atomic E-state index is 12.9. The Hall–Kier alpha value is -2.02. The van der Waals surface area contributed by atoms with Crippen LogP contribution < -0.4 is 10.6 Å². The summed E-state index contributed by atoms with van der Waals surface area (Å²) in [5.74, 6) is 0.178. The molecule has 1 heterocycles. The first-order chi connectivity index (χ1) is 13.0. The third kappa shape index (κ3) is 5.74. The number of nitrogens with one attached hydrogen (secondary N) is 2. The summed E-state index contributed by atoms with van der Waals surface area (Å²) >= 11 is 1.39. The van der Waals surface area contributed by atoms with Crippen molar-refractivity contribution in [3.8, 4) is 0 Å². The number of thioether (sulfide) groups is 1. The molecule has 2 aromatic carbocycles. The Kier molecular flexibility index (Phi) is 8.35. The first kappa shape index (κ1) is 22.3. The van der Waals surface area contributed by atoms with Crippen molar-refractivity contribution in [2.75, 3.05) is 31.2 Å². The molecule has 1 unspecified atom stereocenters. The Morgan fingerprint density at radius 3 is 2.57 bits per heavy atom. The second-order valence-electron chi connectivity index (χ2n) is 6.76. The number of carbonyl (C=O) groups is 2. The Morgan fingerprint density at radius 2 is 1.89 bits per heavy atom. The molecule has 1 atom stereocenters. The highest BCUT2D eigenvalue weighted by Crippen LogP contribution is 2.25. The van der Waals surface area contributed by atoms with Crippen molar-refractivity contribution in [2.24, 2.45) is 0 Å². The molecule has 3 rings (SSSR count). The first-order valence-corrected chi connectivity index (χ1v) is 10.1. The smallest absolute Gasteiger partial charge is 0.255 e. The largest absolute Gasteiger partial charge is 0.337 e. The Balaban J connectivity index is 0.00000280. The number of aryl methyl sites for hydroxylation is 1. The minimum atomic E-state index is -0.0838. The minimum Gasteiger partial charge on any atom is -0.337 e. The van der Waals surface area contributed by atoms with Gasteiger partial charge in [0.1, 0.15) is 0 Å². The second kappa shape index (κ2) is 10.5. The lowest BCUT2D eigenvalue weighted by atomic mass is 10.1. The number of halogens is 1.